The van der Waals surface area contributed by atoms with Gasteiger partial charge in [-0.2, -0.15) is 0 Å². The fourth-order valence-corrected chi connectivity index (χ4v) is 1.99. The third-order valence-corrected chi connectivity index (χ3v) is 2.81. The van der Waals surface area contributed by atoms with E-state index in [0.29, 0.717) is 16.2 Å². The molecule has 0 aliphatic carbocycles. The number of hydrogen-bond donors (Lipinski definition) is 1. The highest BCUT2D eigenvalue weighted by molar-refractivity contribution is 6.31. The zero-order chi connectivity index (χ0) is 11.8. The fourth-order valence-electron chi connectivity index (χ4n) is 1.83. The third-order valence-electron chi connectivity index (χ3n) is 2.60. The van der Waals surface area contributed by atoms with Gasteiger partial charge in [0.15, 0.2) is 0 Å². The first-order valence-corrected chi connectivity index (χ1v) is 5.42. The Morgan fingerprint density at radius 3 is 3.06 bits per heavy atom. The number of H-pyrrole nitrogens is 1. The van der Waals surface area contributed by atoms with E-state index >= 15 is 0 Å². The summed E-state index contributed by atoms with van der Waals surface area (Å²) in [5, 5.41) is 1.34. The molecule has 83 valence electrons. The van der Waals surface area contributed by atoms with Gasteiger partial charge in [-0.3, -0.25) is 0 Å². The molecule has 2 nitrogen and oxygen atoms in total. The van der Waals surface area contributed by atoms with Crippen molar-refractivity contribution < 1.29 is 4.39 Å². The molecule has 0 aliphatic rings. The van der Waals surface area contributed by atoms with Gasteiger partial charge in [-0.05, 0) is 18.2 Å². The van der Waals surface area contributed by atoms with E-state index in [1.54, 1.807) is 30.6 Å². The lowest BCUT2D eigenvalue weighted by molar-refractivity contribution is 0.631. The molecule has 0 fully saturated rings. The van der Waals surface area contributed by atoms with E-state index in [1.165, 1.54) is 6.07 Å². The van der Waals surface area contributed by atoms with E-state index in [-0.39, 0.29) is 5.82 Å². The summed E-state index contributed by atoms with van der Waals surface area (Å²) in [6.07, 6.45) is 3.28. The Balaban J connectivity index is 2.31. The maximum Gasteiger partial charge on any atom is 0.137 e. The van der Waals surface area contributed by atoms with Crippen LogP contribution in [0.5, 0.6) is 0 Å². The molecular weight excluding hydrogens is 239 g/mol. The average molecular weight is 246 g/mol. The Morgan fingerprint density at radius 2 is 2.24 bits per heavy atom. The van der Waals surface area contributed by atoms with E-state index in [0.717, 1.165) is 10.9 Å². The van der Waals surface area contributed by atoms with Crippen molar-refractivity contribution in [1.29, 1.82) is 0 Å². The van der Waals surface area contributed by atoms with E-state index in [9.17, 15) is 4.39 Å². The lowest BCUT2D eigenvalue weighted by atomic mass is 10.1. The van der Waals surface area contributed by atoms with Crippen LogP contribution in [0.1, 0.15) is 0 Å². The Morgan fingerprint density at radius 1 is 1.35 bits per heavy atom. The van der Waals surface area contributed by atoms with E-state index in [4.69, 9.17) is 11.6 Å². The molecule has 0 bridgehead atoms. The number of nitrogens with one attached hydrogen (secondary N) is 1. The van der Waals surface area contributed by atoms with Gasteiger partial charge in [-0.1, -0.05) is 23.7 Å². The van der Waals surface area contributed by atoms with Gasteiger partial charge in [0.2, 0.25) is 0 Å². The van der Waals surface area contributed by atoms with Gasteiger partial charge in [0.25, 0.3) is 0 Å². The molecule has 1 aromatic carbocycles. The van der Waals surface area contributed by atoms with Crippen molar-refractivity contribution in [2.24, 2.45) is 0 Å². The highest BCUT2D eigenvalue weighted by Crippen LogP contribution is 2.30. The first kappa shape index (κ1) is 10.3. The van der Waals surface area contributed by atoms with Crippen molar-refractivity contribution in [3.8, 4) is 11.1 Å². The summed E-state index contributed by atoms with van der Waals surface area (Å²) < 4.78 is 13.7. The second kappa shape index (κ2) is 3.86. The molecule has 0 unspecified atom stereocenters. The van der Waals surface area contributed by atoms with Crippen molar-refractivity contribution in [2.45, 2.75) is 0 Å². The van der Waals surface area contributed by atoms with Crippen molar-refractivity contribution >= 4 is 22.6 Å². The van der Waals surface area contributed by atoms with Crippen LogP contribution >= 0.6 is 11.6 Å². The zero-order valence-electron chi connectivity index (χ0n) is 8.67. The predicted octanol–water partition coefficient (Wildman–Crippen LogP) is 3.82. The van der Waals surface area contributed by atoms with E-state index in [2.05, 4.69) is 16.0 Å². The maximum absolute atomic E-state index is 13.7. The minimum absolute atomic E-state index is 0.312. The third kappa shape index (κ3) is 1.68. The van der Waals surface area contributed by atoms with Crippen LogP contribution in [0, 0.1) is 11.9 Å². The number of halogens is 2. The van der Waals surface area contributed by atoms with Gasteiger partial charge in [0.05, 0.1) is 5.02 Å². The summed E-state index contributed by atoms with van der Waals surface area (Å²) in [5.41, 5.74) is 1.96. The van der Waals surface area contributed by atoms with Crippen molar-refractivity contribution in [1.82, 2.24) is 9.97 Å². The molecule has 4 heteroatoms. The summed E-state index contributed by atoms with van der Waals surface area (Å²) in [4.78, 5) is 7.13. The topological polar surface area (TPSA) is 28.7 Å². The van der Waals surface area contributed by atoms with Crippen LogP contribution in [-0.4, -0.2) is 9.97 Å². The number of pyridine rings is 1. The van der Waals surface area contributed by atoms with Crippen LogP contribution in [0.3, 0.4) is 0 Å². The molecule has 0 atom stereocenters. The Labute approximate surface area is 102 Å². The molecule has 1 N–H and O–H groups in total. The smallest absolute Gasteiger partial charge is 0.137 e. The zero-order valence-corrected chi connectivity index (χ0v) is 9.42. The molecular formula is C13H7ClFN2. The summed E-state index contributed by atoms with van der Waals surface area (Å²) in [6.45, 7) is 0. The number of aromatic nitrogens is 2. The van der Waals surface area contributed by atoms with Gasteiger partial charge in [-0.25, -0.2) is 9.37 Å². The molecule has 1 radical (unpaired) electrons. The second-order valence-electron chi connectivity index (χ2n) is 3.66. The average Bonchev–Trinajstić information content (AvgIpc) is 2.72. The lowest BCUT2D eigenvalue weighted by Gasteiger charge is -2.00. The van der Waals surface area contributed by atoms with Crippen molar-refractivity contribution in [3.05, 3.63) is 53.6 Å². The second-order valence-corrected chi connectivity index (χ2v) is 4.09. The molecule has 0 saturated carbocycles. The number of fused-ring (bicyclic) bond motifs is 1. The summed E-state index contributed by atoms with van der Waals surface area (Å²) in [5.74, 6) is -0.312. The number of rotatable bonds is 1. The van der Waals surface area contributed by atoms with Gasteiger partial charge in [0, 0.05) is 28.9 Å². The first-order valence-electron chi connectivity index (χ1n) is 5.04. The normalized spacial score (nSPS) is 10.9. The van der Waals surface area contributed by atoms with Gasteiger partial charge in [-0.15, -0.1) is 0 Å². The molecule has 2 aromatic heterocycles. The highest BCUT2D eigenvalue weighted by Gasteiger charge is 2.10. The molecule has 0 spiro atoms. The van der Waals surface area contributed by atoms with Crippen LogP contribution in [0.2, 0.25) is 5.02 Å². The van der Waals surface area contributed by atoms with Crippen LogP contribution in [0.4, 0.5) is 4.39 Å². The molecule has 17 heavy (non-hydrogen) atoms. The van der Waals surface area contributed by atoms with Crippen LogP contribution in [-0.2, 0) is 0 Å². The molecule has 0 aliphatic heterocycles. The Kier molecular flexibility index (Phi) is 2.34. The Bertz CT molecular complexity index is 691. The monoisotopic (exact) mass is 245 g/mol. The van der Waals surface area contributed by atoms with Crippen molar-refractivity contribution in [2.75, 3.05) is 0 Å². The van der Waals surface area contributed by atoms with Crippen LogP contribution in [0.25, 0.3) is 22.2 Å². The number of hydrogen-bond acceptors (Lipinski definition) is 1. The van der Waals surface area contributed by atoms with E-state index < -0.39 is 0 Å². The number of aromatic amines is 1. The summed E-state index contributed by atoms with van der Waals surface area (Å²) >= 11 is 5.90. The summed E-state index contributed by atoms with van der Waals surface area (Å²) in [7, 11) is 0. The molecule has 0 amide bonds. The molecule has 0 saturated heterocycles. The lowest BCUT2D eigenvalue weighted by Crippen LogP contribution is -1.82. The molecule has 2 heterocycles. The van der Waals surface area contributed by atoms with Gasteiger partial charge in [0.1, 0.15) is 11.5 Å². The number of nitrogens with zero attached hydrogens (tertiary/aromatic N) is 1. The standard InChI is InChI=1S/C13H7ClFN2/c14-8-5-10-11(7-17-13(10)16-6-8)9-3-1-2-4-12(9)15/h1,3-7H,(H,16,17). The van der Waals surface area contributed by atoms with E-state index in [1.807, 2.05) is 0 Å². The van der Waals surface area contributed by atoms with Crippen LogP contribution in [0.15, 0.2) is 36.7 Å². The maximum atomic E-state index is 13.7. The first-order chi connectivity index (χ1) is 8.25. The Hall–Kier alpha value is -1.87. The SMILES string of the molecule is Fc1c[c]ccc1-c1c[nH]c2ncc(Cl)cc12. The van der Waals surface area contributed by atoms with Crippen molar-refractivity contribution in [3.63, 3.8) is 0 Å². The quantitative estimate of drug-likeness (QED) is 0.694. The highest BCUT2D eigenvalue weighted by atomic mass is 35.5. The molecule has 3 rings (SSSR count). The molecule has 3 aromatic rings. The fraction of sp³-hybridized carbons (Fsp3) is 0. The minimum Gasteiger partial charge on any atom is -0.346 e. The van der Waals surface area contributed by atoms with Crippen LogP contribution < -0.4 is 0 Å². The van der Waals surface area contributed by atoms with Gasteiger partial charge < -0.3 is 4.98 Å². The van der Waals surface area contributed by atoms with Gasteiger partial charge >= 0.3 is 0 Å². The largest absolute Gasteiger partial charge is 0.346 e. The summed E-state index contributed by atoms with van der Waals surface area (Å²) in [6, 6.07) is 9.13. The predicted molar refractivity (Wildman–Crippen MR) is 65.3 cm³/mol. The number of benzene rings is 1. The minimum atomic E-state index is -0.312.